The largest absolute Gasteiger partial charge is 0.466 e. The number of hydrogen-bond acceptors (Lipinski definition) is 3. The summed E-state index contributed by atoms with van der Waals surface area (Å²) in [6.45, 7) is 2.05. The van der Waals surface area contributed by atoms with Gasteiger partial charge in [-0.15, -0.1) is 0 Å². The van der Waals surface area contributed by atoms with Gasteiger partial charge in [-0.3, -0.25) is 4.79 Å². The van der Waals surface area contributed by atoms with E-state index in [1.54, 1.807) is 6.92 Å². The van der Waals surface area contributed by atoms with Gasteiger partial charge in [0.2, 0.25) is 0 Å². The van der Waals surface area contributed by atoms with E-state index in [9.17, 15) is 18.0 Å². The predicted molar refractivity (Wildman–Crippen MR) is 72.3 cm³/mol. The number of benzene rings is 1. The van der Waals surface area contributed by atoms with Crippen LogP contribution in [0.25, 0.3) is 0 Å². The maximum atomic E-state index is 13.6. The van der Waals surface area contributed by atoms with Crippen LogP contribution in [0.5, 0.6) is 0 Å². The first-order valence-electron chi connectivity index (χ1n) is 7.09. The van der Waals surface area contributed by atoms with Crippen LogP contribution >= 0.6 is 0 Å². The van der Waals surface area contributed by atoms with Gasteiger partial charge in [0.25, 0.3) is 0 Å². The van der Waals surface area contributed by atoms with Gasteiger partial charge in [0.05, 0.1) is 18.2 Å². The maximum absolute atomic E-state index is 13.6. The van der Waals surface area contributed by atoms with E-state index in [1.165, 1.54) is 0 Å². The Balaban J connectivity index is 2.04. The van der Waals surface area contributed by atoms with Gasteiger partial charge in [0.15, 0.2) is 11.6 Å². The standard InChI is InChI=1S/C15H18F3NO2/c1-2-21-15(20)9-4-3-5-11(6-9)19-13-8-10(16)7-12(17)14(13)18/h7-9,11,19H,2-6H2,1H3. The van der Waals surface area contributed by atoms with Gasteiger partial charge in [0.1, 0.15) is 5.82 Å². The average Bonchev–Trinajstić information content (AvgIpc) is 2.45. The molecular formula is C15H18F3NO2. The summed E-state index contributed by atoms with van der Waals surface area (Å²) in [4.78, 5) is 11.7. The molecule has 21 heavy (non-hydrogen) atoms. The second-order valence-electron chi connectivity index (χ2n) is 5.21. The fraction of sp³-hybridized carbons (Fsp3) is 0.533. The SMILES string of the molecule is CCOC(=O)C1CCCC(Nc2cc(F)cc(F)c2F)C1. The molecular weight excluding hydrogens is 283 g/mol. The highest BCUT2D eigenvalue weighted by atomic mass is 19.2. The van der Waals surface area contributed by atoms with Crippen molar-refractivity contribution in [2.75, 3.05) is 11.9 Å². The van der Waals surface area contributed by atoms with Crippen LogP contribution in [-0.2, 0) is 9.53 Å². The fourth-order valence-corrected chi connectivity index (χ4v) is 2.68. The molecule has 116 valence electrons. The van der Waals surface area contributed by atoms with Crippen LogP contribution in [0.4, 0.5) is 18.9 Å². The molecule has 3 nitrogen and oxygen atoms in total. The molecule has 1 fully saturated rings. The molecule has 0 heterocycles. The maximum Gasteiger partial charge on any atom is 0.308 e. The highest BCUT2D eigenvalue weighted by Crippen LogP contribution is 2.29. The summed E-state index contributed by atoms with van der Waals surface area (Å²) in [6, 6.07) is 1.22. The van der Waals surface area contributed by atoms with Crippen LogP contribution in [0, 0.1) is 23.4 Å². The molecule has 1 aromatic carbocycles. The van der Waals surface area contributed by atoms with Gasteiger partial charge in [0, 0.05) is 18.2 Å². The number of carbonyl (C=O) groups excluding carboxylic acids is 1. The lowest BCUT2D eigenvalue weighted by molar-refractivity contribution is -0.149. The Labute approximate surface area is 121 Å². The summed E-state index contributed by atoms with van der Waals surface area (Å²) in [5.41, 5.74) is -0.206. The Morgan fingerprint density at radius 1 is 1.33 bits per heavy atom. The zero-order chi connectivity index (χ0) is 15.4. The topological polar surface area (TPSA) is 38.3 Å². The Bertz CT molecular complexity index is 522. The molecule has 1 aliphatic carbocycles. The monoisotopic (exact) mass is 301 g/mol. The number of ether oxygens (including phenoxy) is 1. The van der Waals surface area contributed by atoms with Crippen molar-refractivity contribution in [2.45, 2.75) is 38.6 Å². The number of nitrogens with one attached hydrogen (secondary N) is 1. The molecule has 2 atom stereocenters. The first-order chi connectivity index (χ1) is 10.0. The van der Waals surface area contributed by atoms with Crippen molar-refractivity contribution in [3.8, 4) is 0 Å². The van der Waals surface area contributed by atoms with Gasteiger partial charge in [-0.2, -0.15) is 0 Å². The summed E-state index contributed by atoms with van der Waals surface area (Å²) in [6.07, 6.45) is 2.68. The second kappa shape index (κ2) is 6.83. The molecule has 0 radical (unpaired) electrons. The average molecular weight is 301 g/mol. The predicted octanol–water partition coefficient (Wildman–Crippen LogP) is 3.64. The van der Waals surface area contributed by atoms with Crippen LogP contribution in [0.1, 0.15) is 32.6 Å². The molecule has 0 spiro atoms. The number of hydrogen-bond donors (Lipinski definition) is 1. The van der Waals surface area contributed by atoms with Gasteiger partial charge >= 0.3 is 5.97 Å². The quantitative estimate of drug-likeness (QED) is 0.681. The van der Waals surface area contributed by atoms with Crippen LogP contribution < -0.4 is 5.32 Å². The minimum atomic E-state index is -1.23. The zero-order valence-corrected chi connectivity index (χ0v) is 11.8. The number of esters is 1. The third kappa shape index (κ3) is 3.89. The lowest BCUT2D eigenvalue weighted by atomic mass is 9.85. The number of anilines is 1. The Hall–Kier alpha value is -1.72. The van der Waals surface area contributed by atoms with Crippen LogP contribution in [0.2, 0.25) is 0 Å². The minimum Gasteiger partial charge on any atom is -0.466 e. The Morgan fingerprint density at radius 2 is 2.10 bits per heavy atom. The Kier molecular flexibility index (Phi) is 5.09. The van der Waals surface area contributed by atoms with Crippen molar-refractivity contribution in [3.63, 3.8) is 0 Å². The summed E-state index contributed by atoms with van der Waals surface area (Å²) < 4.78 is 44.9. The highest BCUT2D eigenvalue weighted by Gasteiger charge is 2.28. The number of halogens is 3. The first-order valence-corrected chi connectivity index (χ1v) is 7.09. The lowest BCUT2D eigenvalue weighted by Crippen LogP contribution is -2.32. The molecule has 1 N–H and O–H groups in total. The molecule has 2 rings (SSSR count). The van der Waals surface area contributed by atoms with Gasteiger partial charge < -0.3 is 10.1 Å². The summed E-state index contributed by atoms with van der Waals surface area (Å²) in [7, 11) is 0. The molecule has 1 aromatic rings. The Morgan fingerprint density at radius 3 is 2.81 bits per heavy atom. The van der Waals surface area contributed by atoms with Gasteiger partial charge in [-0.25, -0.2) is 13.2 Å². The molecule has 0 saturated heterocycles. The van der Waals surface area contributed by atoms with Crippen molar-refractivity contribution >= 4 is 11.7 Å². The molecule has 0 aliphatic heterocycles. The van der Waals surface area contributed by atoms with Gasteiger partial charge in [-0.05, 0) is 26.2 Å². The van der Waals surface area contributed by atoms with Crippen molar-refractivity contribution in [3.05, 3.63) is 29.6 Å². The van der Waals surface area contributed by atoms with E-state index in [0.29, 0.717) is 25.5 Å². The second-order valence-corrected chi connectivity index (χ2v) is 5.21. The van der Waals surface area contributed by atoms with Crippen LogP contribution in [-0.4, -0.2) is 18.6 Å². The smallest absolute Gasteiger partial charge is 0.308 e. The van der Waals surface area contributed by atoms with Crippen LogP contribution in [0.15, 0.2) is 12.1 Å². The van der Waals surface area contributed by atoms with E-state index in [2.05, 4.69) is 5.32 Å². The number of rotatable bonds is 4. The summed E-state index contributed by atoms with van der Waals surface area (Å²) in [5, 5.41) is 2.79. The van der Waals surface area contributed by atoms with Crippen molar-refractivity contribution < 1.29 is 22.7 Å². The van der Waals surface area contributed by atoms with Crippen molar-refractivity contribution in [1.29, 1.82) is 0 Å². The summed E-state index contributed by atoms with van der Waals surface area (Å²) >= 11 is 0. The third-order valence-corrected chi connectivity index (χ3v) is 3.65. The van der Waals surface area contributed by atoms with Gasteiger partial charge in [-0.1, -0.05) is 6.42 Å². The molecule has 0 bridgehead atoms. The van der Waals surface area contributed by atoms with E-state index >= 15 is 0 Å². The van der Waals surface area contributed by atoms with E-state index in [0.717, 1.165) is 18.9 Å². The molecule has 2 unspecified atom stereocenters. The highest BCUT2D eigenvalue weighted by molar-refractivity contribution is 5.72. The van der Waals surface area contributed by atoms with Crippen LogP contribution in [0.3, 0.4) is 0 Å². The van der Waals surface area contributed by atoms with E-state index in [-0.39, 0.29) is 23.6 Å². The number of carbonyl (C=O) groups is 1. The molecule has 6 heteroatoms. The molecule has 1 saturated carbocycles. The van der Waals surface area contributed by atoms with E-state index in [4.69, 9.17) is 4.74 Å². The lowest BCUT2D eigenvalue weighted by Gasteiger charge is -2.29. The minimum absolute atomic E-state index is 0.205. The zero-order valence-electron chi connectivity index (χ0n) is 11.8. The fourth-order valence-electron chi connectivity index (χ4n) is 2.68. The van der Waals surface area contributed by atoms with Crippen molar-refractivity contribution in [2.24, 2.45) is 5.92 Å². The summed E-state index contributed by atoms with van der Waals surface area (Å²) in [5.74, 6) is -3.69. The first kappa shape index (κ1) is 15.7. The van der Waals surface area contributed by atoms with Crippen molar-refractivity contribution in [1.82, 2.24) is 0 Å². The molecule has 0 aromatic heterocycles. The molecule has 1 aliphatic rings. The molecule has 0 amide bonds. The van der Waals surface area contributed by atoms with E-state index < -0.39 is 17.5 Å². The third-order valence-electron chi connectivity index (χ3n) is 3.65. The van der Waals surface area contributed by atoms with E-state index in [1.807, 2.05) is 0 Å². The normalized spacial score (nSPS) is 21.9.